The van der Waals surface area contributed by atoms with E-state index in [1.165, 1.54) is 0 Å². The van der Waals surface area contributed by atoms with Gasteiger partial charge in [-0.05, 0) is 85.9 Å². The first-order chi connectivity index (χ1) is 19.3. The molecule has 0 bridgehead atoms. The van der Waals surface area contributed by atoms with Crippen molar-refractivity contribution < 1.29 is 18.3 Å². The predicted molar refractivity (Wildman–Crippen MR) is 162 cm³/mol. The van der Waals surface area contributed by atoms with Crippen LogP contribution in [0.4, 0.5) is 8.78 Å². The first-order valence-electron chi connectivity index (χ1n) is 13.3. The van der Waals surface area contributed by atoms with Gasteiger partial charge in [-0.15, -0.1) is 20.6 Å². The van der Waals surface area contributed by atoms with Gasteiger partial charge in [0.2, 0.25) is 5.88 Å². The topological polar surface area (TPSA) is 54.5 Å². The Balaban J connectivity index is 1.53. The average molecular weight is 602 g/mol. The lowest BCUT2D eigenvalue weighted by Gasteiger charge is -2.37. The molecule has 1 atom stereocenters. The molecule has 0 spiro atoms. The second-order valence-electron chi connectivity index (χ2n) is 9.94. The molecule has 1 N–H and O–H groups in total. The van der Waals surface area contributed by atoms with E-state index in [0.717, 1.165) is 71.1 Å². The number of nitrogens with one attached hydrogen (secondary N) is 1. The number of fused-ring (bicyclic) bond motifs is 1. The highest BCUT2D eigenvalue weighted by molar-refractivity contribution is 7.27. The lowest BCUT2D eigenvalue weighted by molar-refractivity contribution is 0.0607. The Morgan fingerprint density at radius 2 is 1.85 bits per heavy atom. The van der Waals surface area contributed by atoms with E-state index >= 15 is 0 Å². The fraction of sp³-hybridized carbons (Fsp3) is 0.333. The molecule has 40 heavy (non-hydrogen) atoms. The Bertz CT molecular complexity index is 1540. The zero-order chi connectivity index (χ0) is 28.4. The number of carbonyl (C=O) groups excluding carboxylic acids is 1. The molecule has 1 aliphatic rings. The number of nitrogens with zero attached hydrogens (tertiary/aromatic N) is 2. The maximum absolute atomic E-state index is 14.6. The molecule has 0 radical (unpaired) electrons. The van der Waals surface area contributed by atoms with Gasteiger partial charge in [-0.3, -0.25) is 4.79 Å². The number of hydrogen-bond acceptors (Lipinski definition) is 5. The molecule has 2 aromatic heterocycles. The molecular formula is C30H31ClF2N3O2PS. The standard InChI is InChI=1S/C30H31ClF2N3O2PS/c1-3-38-25-15-18(12-13-35-25)17-4-11-24(39)19(14-17)16-36(21-7-5-20(34-2)6-8-21)30(37)29-27(31)26-22(32)9-10-23(33)28(26)40-29/h4,9-15,20-21,34H,3,5-8,16,39H2,1-2H3/t20-,21-. The van der Waals surface area contributed by atoms with E-state index in [2.05, 4.69) is 25.6 Å². The lowest BCUT2D eigenvalue weighted by Crippen LogP contribution is -2.44. The van der Waals surface area contributed by atoms with Crippen LogP contribution in [0, 0.1) is 11.6 Å². The first-order valence-corrected chi connectivity index (χ1v) is 15.1. The Morgan fingerprint density at radius 3 is 2.55 bits per heavy atom. The molecule has 1 amide bonds. The van der Waals surface area contributed by atoms with E-state index in [1.54, 1.807) is 6.20 Å². The van der Waals surface area contributed by atoms with Crippen LogP contribution in [0.25, 0.3) is 21.2 Å². The van der Waals surface area contributed by atoms with Crippen LogP contribution >= 0.6 is 32.2 Å². The van der Waals surface area contributed by atoms with Crippen LogP contribution in [-0.4, -0.2) is 41.5 Å². The molecule has 1 aliphatic carbocycles. The van der Waals surface area contributed by atoms with Crippen molar-refractivity contribution in [3.05, 3.63) is 75.8 Å². The number of thiophene rings is 1. The molecule has 1 saturated carbocycles. The van der Waals surface area contributed by atoms with Gasteiger partial charge in [-0.2, -0.15) is 0 Å². The molecule has 1 fully saturated rings. The number of amides is 1. The second kappa shape index (κ2) is 12.5. The summed E-state index contributed by atoms with van der Waals surface area (Å²) in [6.07, 6.45) is 5.21. The van der Waals surface area contributed by atoms with Crippen molar-refractivity contribution in [2.45, 2.75) is 51.2 Å². The van der Waals surface area contributed by atoms with Gasteiger partial charge in [0, 0.05) is 30.9 Å². The quantitative estimate of drug-likeness (QED) is 0.222. The third kappa shape index (κ3) is 5.87. The van der Waals surface area contributed by atoms with Gasteiger partial charge >= 0.3 is 0 Å². The molecule has 0 saturated heterocycles. The number of aromatic nitrogens is 1. The van der Waals surface area contributed by atoms with Crippen LogP contribution in [0.15, 0.2) is 48.7 Å². The van der Waals surface area contributed by atoms with Crippen molar-refractivity contribution in [1.82, 2.24) is 15.2 Å². The van der Waals surface area contributed by atoms with Gasteiger partial charge < -0.3 is 15.0 Å². The maximum atomic E-state index is 14.6. The summed E-state index contributed by atoms with van der Waals surface area (Å²) in [4.78, 5) is 20.4. The lowest BCUT2D eigenvalue weighted by atomic mass is 9.89. The smallest absolute Gasteiger partial charge is 0.266 e. The van der Waals surface area contributed by atoms with Gasteiger partial charge in [0.1, 0.15) is 16.5 Å². The molecule has 2 heterocycles. The van der Waals surface area contributed by atoms with E-state index in [0.29, 0.717) is 25.1 Å². The summed E-state index contributed by atoms with van der Waals surface area (Å²) in [5, 5.41) is 4.23. The molecule has 4 aromatic rings. The minimum absolute atomic E-state index is 0.0315. The van der Waals surface area contributed by atoms with Gasteiger partial charge in [0.15, 0.2) is 0 Å². The molecular weight excluding hydrogens is 571 g/mol. The van der Waals surface area contributed by atoms with Crippen LogP contribution in [0.1, 0.15) is 47.8 Å². The van der Waals surface area contributed by atoms with Crippen molar-refractivity contribution in [3.8, 4) is 17.0 Å². The summed E-state index contributed by atoms with van der Waals surface area (Å²) in [5.74, 6) is -0.989. The van der Waals surface area contributed by atoms with Gasteiger partial charge in [-0.1, -0.05) is 23.7 Å². The Morgan fingerprint density at radius 1 is 1.12 bits per heavy atom. The minimum atomic E-state index is -0.638. The Labute approximate surface area is 244 Å². The van der Waals surface area contributed by atoms with Crippen LogP contribution in [0.5, 0.6) is 5.88 Å². The molecule has 1 unspecified atom stereocenters. The summed E-state index contributed by atoms with van der Waals surface area (Å²) >= 11 is 7.48. The van der Waals surface area contributed by atoms with Crippen molar-refractivity contribution in [1.29, 1.82) is 0 Å². The van der Waals surface area contributed by atoms with Crippen LogP contribution in [0.2, 0.25) is 5.02 Å². The maximum Gasteiger partial charge on any atom is 0.266 e. The molecule has 0 aliphatic heterocycles. The zero-order valence-electron chi connectivity index (χ0n) is 22.3. The fourth-order valence-corrected chi connectivity index (χ4v) is 7.11. The van der Waals surface area contributed by atoms with Gasteiger partial charge in [-0.25, -0.2) is 13.8 Å². The molecule has 10 heteroatoms. The summed E-state index contributed by atoms with van der Waals surface area (Å²) in [6, 6.07) is 12.4. The minimum Gasteiger partial charge on any atom is -0.478 e. The van der Waals surface area contributed by atoms with Crippen molar-refractivity contribution in [2.24, 2.45) is 0 Å². The molecule has 5 nitrogen and oxygen atoms in total. The van der Waals surface area contributed by atoms with Crippen LogP contribution in [-0.2, 0) is 6.54 Å². The van der Waals surface area contributed by atoms with Crippen molar-refractivity contribution in [3.63, 3.8) is 0 Å². The number of halogens is 3. The van der Waals surface area contributed by atoms with E-state index in [4.69, 9.17) is 16.3 Å². The molecule has 5 rings (SSSR count). The summed E-state index contributed by atoms with van der Waals surface area (Å²) in [7, 11) is 4.71. The normalized spacial score (nSPS) is 17.2. The summed E-state index contributed by atoms with van der Waals surface area (Å²) < 4.78 is 34.8. The van der Waals surface area contributed by atoms with Crippen LogP contribution in [0.3, 0.4) is 0 Å². The number of ether oxygens (including phenoxy) is 1. The van der Waals surface area contributed by atoms with E-state index in [9.17, 15) is 13.6 Å². The monoisotopic (exact) mass is 601 g/mol. The Hall–Kier alpha value is -2.64. The highest BCUT2D eigenvalue weighted by Gasteiger charge is 2.32. The largest absolute Gasteiger partial charge is 0.478 e. The number of rotatable bonds is 8. The van der Waals surface area contributed by atoms with Gasteiger partial charge in [0.25, 0.3) is 5.91 Å². The average Bonchev–Trinajstić information content (AvgIpc) is 3.33. The summed E-state index contributed by atoms with van der Waals surface area (Å²) in [6.45, 7) is 2.77. The van der Waals surface area contributed by atoms with E-state index in [1.807, 2.05) is 43.1 Å². The number of carbonyl (C=O) groups is 1. The van der Waals surface area contributed by atoms with Crippen molar-refractivity contribution >= 4 is 53.5 Å². The third-order valence-corrected chi connectivity index (χ3v) is 9.77. The predicted octanol–water partition coefficient (Wildman–Crippen LogP) is 6.97. The van der Waals surface area contributed by atoms with E-state index < -0.39 is 11.6 Å². The first kappa shape index (κ1) is 28.9. The van der Waals surface area contributed by atoms with Gasteiger partial charge in [0.05, 0.1) is 21.7 Å². The zero-order valence-corrected chi connectivity index (χ0v) is 25.1. The fourth-order valence-electron chi connectivity index (χ4n) is 5.33. The third-order valence-electron chi connectivity index (χ3n) is 7.53. The number of benzene rings is 2. The second-order valence-corrected chi connectivity index (χ2v) is 12.0. The van der Waals surface area contributed by atoms with Crippen LogP contribution < -0.4 is 15.4 Å². The van der Waals surface area contributed by atoms with Crippen molar-refractivity contribution in [2.75, 3.05) is 13.7 Å². The summed E-state index contributed by atoms with van der Waals surface area (Å²) in [5.41, 5.74) is 2.88. The Kier molecular flexibility index (Phi) is 9.01. The number of hydrogen-bond donors (Lipinski definition) is 1. The molecule has 210 valence electrons. The van der Waals surface area contributed by atoms with E-state index in [-0.39, 0.29) is 31.9 Å². The SMILES string of the molecule is CCOc1cc(-c2ccc(P)c(CN(C(=O)c3sc4c(F)ccc(F)c4c3Cl)[C@H]3CC[C@H](NC)CC3)c2)ccn1. The highest BCUT2D eigenvalue weighted by atomic mass is 35.5. The highest BCUT2D eigenvalue weighted by Crippen LogP contribution is 2.40. The number of pyridine rings is 1. The molecule has 2 aromatic carbocycles.